The van der Waals surface area contributed by atoms with Crippen LogP contribution in [0, 0.1) is 0 Å². The van der Waals surface area contributed by atoms with Crippen molar-refractivity contribution in [1.82, 2.24) is 20.6 Å². The molecule has 24 heavy (non-hydrogen) atoms. The van der Waals surface area contributed by atoms with Crippen molar-refractivity contribution in [2.45, 2.75) is 6.54 Å². The molecule has 0 unspecified atom stereocenters. The van der Waals surface area contributed by atoms with Crippen LogP contribution in [-0.4, -0.2) is 29.0 Å². The molecule has 3 rings (SSSR count). The fourth-order valence-electron chi connectivity index (χ4n) is 2.02. The van der Waals surface area contributed by atoms with E-state index in [0.717, 1.165) is 10.4 Å². The first kappa shape index (κ1) is 16.2. The van der Waals surface area contributed by atoms with E-state index in [1.165, 1.54) is 18.4 Å². The summed E-state index contributed by atoms with van der Waals surface area (Å²) < 4.78 is 0. The van der Waals surface area contributed by atoms with Gasteiger partial charge in [-0.25, -0.2) is 9.78 Å². The summed E-state index contributed by atoms with van der Waals surface area (Å²) >= 11 is 2.92. The number of nitrogens with one attached hydrogen (secondary N) is 4. The Hall–Kier alpha value is -2.65. The van der Waals surface area contributed by atoms with E-state index in [0.29, 0.717) is 16.4 Å². The van der Waals surface area contributed by atoms with Gasteiger partial charge < -0.3 is 20.9 Å². The number of imidazole rings is 1. The number of carbonyl (C=O) groups is 2. The smallest absolute Gasteiger partial charge is 0.319 e. The molecule has 0 spiro atoms. The summed E-state index contributed by atoms with van der Waals surface area (Å²) in [5, 5.41) is 12.0. The van der Waals surface area contributed by atoms with Crippen molar-refractivity contribution in [3.63, 3.8) is 0 Å². The van der Waals surface area contributed by atoms with Gasteiger partial charge in [0.1, 0.15) is 10.7 Å². The fraction of sp³-hybridized carbons (Fsp3) is 0.133. The van der Waals surface area contributed by atoms with E-state index in [1.54, 1.807) is 23.7 Å². The molecular formula is C15H15N5O2S2. The van der Waals surface area contributed by atoms with Gasteiger partial charge in [0.25, 0.3) is 5.91 Å². The monoisotopic (exact) mass is 361 g/mol. The Morgan fingerprint density at radius 3 is 2.92 bits per heavy atom. The van der Waals surface area contributed by atoms with E-state index in [-0.39, 0.29) is 18.5 Å². The van der Waals surface area contributed by atoms with Gasteiger partial charge in [0.2, 0.25) is 0 Å². The lowest BCUT2D eigenvalue weighted by molar-refractivity contribution is 0.0955. The third-order valence-corrected chi connectivity index (χ3v) is 5.06. The Labute approximate surface area is 146 Å². The van der Waals surface area contributed by atoms with Gasteiger partial charge >= 0.3 is 6.03 Å². The maximum Gasteiger partial charge on any atom is 0.319 e. The molecule has 0 atom stereocenters. The number of thiophene rings is 2. The van der Waals surface area contributed by atoms with Gasteiger partial charge in [0.15, 0.2) is 0 Å². The van der Waals surface area contributed by atoms with Crippen molar-refractivity contribution in [1.29, 1.82) is 0 Å². The molecule has 0 fully saturated rings. The zero-order chi connectivity index (χ0) is 16.9. The Morgan fingerprint density at radius 1 is 1.38 bits per heavy atom. The molecule has 0 aliphatic rings. The molecule has 0 bridgehead atoms. The van der Waals surface area contributed by atoms with Crippen molar-refractivity contribution in [3.05, 3.63) is 46.0 Å². The van der Waals surface area contributed by atoms with Crippen LogP contribution in [0.4, 0.5) is 10.5 Å². The normalized spacial score (nSPS) is 10.4. The molecule has 7 nitrogen and oxygen atoms in total. The van der Waals surface area contributed by atoms with Gasteiger partial charge in [0.05, 0.1) is 12.2 Å². The number of hydrogen-bond donors (Lipinski definition) is 4. The maximum atomic E-state index is 12.5. The van der Waals surface area contributed by atoms with Gasteiger partial charge in [0, 0.05) is 29.9 Å². The summed E-state index contributed by atoms with van der Waals surface area (Å²) in [4.78, 5) is 32.5. The molecule has 0 saturated heterocycles. The van der Waals surface area contributed by atoms with Crippen LogP contribution >= 0.6 is 22.7 Å². The average molecular weight is 361 g/mol. The van der Waals surface area contributed by atoms with Crippen molar-refractivity contribution >= 4 is 40.3 Å². The number of amides is 3. The van der Waals surface area contributed by atoms with Crippen LogP contribution in [0.2, 0.25) is 0 Å². The molecule has 0 aliphatic heterocycles. The van der Waals surface area contributed by atoms with Crippen molar-refractivity contribution in [2.24, 2.45) is 0 Å². The van der Waals surface area contributed by atoms with Gasteiger partial charge in [-0.1, -0.05) is 0 Å². The highest BCUT2D eigenvalue weighted by atomic mass is 32.1. The lowest BCUT2D eigenvalue weighted by Gasteiger charge is -2.06. The lowest BCUT2D eigenvalue weighted by atomic mass is 10.2. The van der Waals surface area contributed by atoms with Crippen LogP contribution in [0.5, 0.6) is 0 Å². The first-order valence-electron chi connectivity index (χ1n) is 7.09. The van der Waals surface area contributed by atoms with Crippen molar-refractivity contribution in [2.75, 3.05) is 12.4 Å². The molecular weight excluding hydrogens is 346 g/mol. The van der Waals surface area contributed by atoms with E-state index in [2.05, 4.69) is 25.9 Å². The lowest BCUT2D eigenvalue weighted by Crippen LogP contribution is -2.27. The zero-order valence-electron chi connectivity index (χ0n) is 12.8. The van der Waals surface area contributed by atoms with Crippen LogP contribution in [-0.2, 0) is 6.54 Å². The highest BCUT2D eigenvalue weighted by molar-refractivity contribution is 7.18. The number of aromatic nitrogens is 2. The molecule has 0 aliphatic carbocycles. The molecule has 0 saturated carbocycles. The summed E-state index contributed by atoms with van der Waals surface area (Å²) in [5.74, 6) is 0.406. The van der Waals surface area contributed by atoms with Gasteiger partial charge in [-0.2, -0.15) is 11.3 Å². The minimum atomic E-state index is -0.371. The summed E-state index contributed by atoms with van der Waals surface area (Å²) in [5.41, 5.74) is 1.51. The largest absolute Gasteiger partial charge is 0.347 e. The first-order chi connectivity index (χ1) is 11.7. The van der Waals surface area contributed by atoms with E-state index < -0.39 is 0 Å². The quantitative estimate of drug-likeness (QED) is 0.562. The molecule has 0 radical (unpaired) electrons. The fourth-order valence-corrected chi connectivity index (χ4v) is 3.78. The van der Waals surface area contributed by atoms with Crippen molar-refractivity contribution in [3.8, 4) is 10.4 Å². The zero-order valence-corrected chi connectivity index (χ0v) is 14.4. The molecule has 3 amide bonds. The summed E-state index contributed by atoms with van der Waals surface area (Å²) in [6, 6.07) is 3.42. The molecule has 124 valence electrons. The highest BCUT2D eigenvalue weighted by Crippen LogP contribution is 2.35. The third kappa shape index (κ3) is 3.63. The number of nitrogens with zero attached hydrogens (tertiary/aromatic N) is 1. The Balaban J connectivity index is 1.83. The summed E-state index contributed by atoms with van der Waals surface area (Å²) in [7, 11) is 1.53. The number of hydrogen-bond acceptors (Lipinski definition) is 5. The van der Waals surface area contributed by atoms with Gasteiger partial charge in [-0.3, -0.25) is 4.79 Å². The third-order valence-electron chi connectivity index (χ3n) is 3.19. The minimum absolute atomic E-state index is 0.260. The molecule has 3 aromatic heterocycles. The average Bonchev–Trinajstić information content (AvgIpc) is 3.32. The summed E-state index contributed by atoms with van der Waals surface area (Å²) in [6.07, 6.45) is 3.32. The van der Waals surface area contributed by atoms with Gasteiger partial charge in [-0.15, -0.1) is 11.3 Å². The molecule has 3 aromatic rings. The molecule has 3 heterocycles. The van der Waals surface area contributed by atoms with E-state index in [9.17, 15) is 9.59 Å². The summed E-state index contributed by atoms with van der Waals surface area (Å²) in [6.45, 7) is 0.289. The van der Waals surface area contributed by atoms with Gasteiger partial charge in [-0.05, 0) is 22.9 Å². The maximum absolute atomic E-state index is 12.5. The predicted molar refractivity (Wildman–Crippen MR) is 95.5 cm³/mol. The number of H-pyrrole nitrogens is 1. The number of aromatic amines is 1. The first-order valence-corrected chi connectivity index (χ1v) is 8.85. The van der Waals surface area contributed by atoms with E-state index in [4.69, 9.17) is 0 Å². The molecule has 4 N–H and O–H groups in total. The van der Waals surface area contributed by atoms with Crippen molar-refractivity contribution < 1.29 is 9.59 Å². The Bertz CT molecular complexity index is 824. The predicted octanol–water partition coefficient (Wildman–Crippen LogP) is 2.88. The SMILES string of the molecule is CNC(=O)Nc1cc(-c2ccsc2)sc1C(=O)NCc1ncc[nH]1. The second kappa shape index (κ2) is 7.28. The van der Waals surface area contributed by atoms with E-state index in [1.807, 2.05) is 22.9 Å². The van der Waals surface area contributed by atoms with E-state index >= 15 is 0 Å². The second-order valence-corrected chi connectivity index (χ2v) is 6.62. The molecule has 9 heteroatoms. The number of carbonyl (C=O) groups excluding carboxylic acids is 2. The number of anilines is 1. The highest BCUT2D eigenvalue weighted by Gasteiger charge is 2.19. The van der Waals surface area contributed by atoms with Crippen LogP contribution in [0.15, 0.2) is 35.3 Å². The van der Waals surface area contributed by atoms with Crippen LogP contribution in [0.3, 0.4) is 0 Å². The number of rotatable bonds is 5. The standard InChI is InChI=1S/C15H15N5O2S2/c1-16-15(22)20-10-6-11(9-2-5-23-8-9)24-13(10)14(21)19-7-12-17-3-4-18-12/h2-6,8H,7H2,1H3,(H,17,18)(H,19,21)(H2,16,20,22). The Morgan fingerprint density at radius 2 is 2.25 bits per heavy atom. The van der Waals surface area contributed by atoms with Crippen LogP contribution in [0.25, 0.3) is 10.4 Å². The number of urea groups is 1. The topological polar surface area (TPSA) is 98.9 Å². The van der Waals surface area contributed by atoms with Crippen LogP contribution in [0.1, 0.15) is 15.5 Å². The second-order valence-electron chi connectivity index (χ2n) is 4.79. The molecule has 0 aromatic carbocycles. The Kier molecular flexibility index (Phi) is 4.92. The van der Waals surface area contributed by atoms with Crippen LogP contribution < -0.4 is 16.0 Å². The minimum Gasteiger partial charge on any atom is -0.347 e.